The van der Waals surface area contributed by atoms with Gasteiger partial charge in [0.25, 0.3) is 0 Å². The van der Waals surface area contributed by atoms with Gasteiger partial charge in [0.2, 0.25) is 0 Å². The summed E-state index contributed by atoms with van der Waals surface area (Å²) in [6, 6.07) is 0. The third kappa shape index (κ3) is 24.0. The highest BCUT2D eigenvalue weighted by atomic mass is 16.1. The molecule has 0 amide bonds. The lowest BCUT2D eigenvalue weighted by Crippen LogP contribution is -2.32. The van der Waals surface area contributed by atoms with E-state index in [9.17, 15) is 9.59 Å². The fraction of sp³-hybridized carbons (Fsp3) is 0.947. The summed E-state index contributed by atoms with van der Waals surface area (Å²) in [7, 11) is 0. The van der Waals surface area contributed by atoms with E-state index in [1.807, 2.05) is 6.92 Å². The maximum absolute atomic E-state index is 13.1. The Morgan fingerprint density at radius 1 is 0.375 bits per heavy atom. The molecule has 2 unspecified atom stereocenters. The van der Waals surface area contributed by atoms with Gasteiger partial charge in [-0.25, -0.2) is 0 Å². The largest absolute Gasteiger partial charge is 0.299 e. The lowest BCUT2D eigenvalue weighted by atomic mass is 9.77. The second-order valence-electron chi connectivity index (χ2n) is 13.5. The average Bonchev–Trinajstić information content (AvgIpc) is 2.93. The fourth-order valence-electron chi connectivity index (χ4n) is 6.46. The first-order valence-electron chi connectivity index (χ1n) is 18.5. The molecular formula is C38H74O2. The normalized spacial score (nSPS) is 13.2. The number of carbonyl (C=O) groups excluding carboxylic acids is 2. The number of carbonyl (C=O) groups is 2. The molecule has 0 aliphatic rings. The number of hydrogen-bond donors (Lipinski definition) is 0. The van der Waals surface area contributed by atoms with E-state index in [1.165, 1.54) is 141 Å². The second kappa shape index (κ2) is 29.8. The third-order valence-electron chi connectivity index (χ3n) is 9.19. The van der Waals surface area contributed by atoms with Crippen molar-refractivity contribution in [2.45, 2.75) is 214 Å². The second-order valence-corrected chi connectivity index (χ2v) is 13.5. The zero-order valence-electron chi connectivity index (χ0n) is 28.3. The van der Waals surface area contributed by atoms with E-state index in [2.05, 4.69) is 27.7 Å². The quantitative estimate of drug-likeness (QED) is 0.0764. The van der Waals surface area contributed by atoms with Crippen LogP contribution in [0.2, 0.25) is 0 Å². The molecule has 0 saturated carbocycles. The average molecular weight is 563 g/mol. The number of hydrogen-bond acceptors (Lipinski definition) is 2. The SMILES string of the molecule is CCCCCCCCCCCCCCCC(=O)C(C)C(C(=O)CCCCCCCCCCCCCCC)C(C)C. The number of rotatable bonds is 32. The zero-order valence-corrected chi connectivity index (χ0v) is 28.3. The molecule has 0 saturated heterocycles. The summed E-state index contributed by atoms with van der Waals surface area (Å²) in [6.07, 6.45) is 35.8. The Bertz CT molecular complexity index is 552. The molecule has 0 aromatic rings. The van der Waals surface area contributed by atoms with Gasteiger partial charge in [-0.3, -0.25) is 9.59 Å². The van der Waals surface area contributed by atoms with E-state index in [0.29, 0.717) is 24.4 Å². The van der Waals surface area contributed by atoms with Crippen molar-refractivity contribution >= 4 is 11.6 Å². The van der Waals surface area contributed by atoms with Gasteiger partial charge < -0.3 is 0 Å². The maximum atomic E-state index is 13.1. The van der Waals surface area contributed by atoms with Gasteiger partial charge in [-0.15, -0.1) is 0 Å². The Balaban J connectivity index is 3.84. The topological polar surface area (TPSA) is 34.1 Å². The molecule has 238 valence electrons. The molecule has 0 aromatic carbocycles. The van der Waals surface area contributed by atoms with E-state index in [1.54, 1.807) is 0 Å². The first-order valence-corrected chi connectivity index (χ1v) is 18.5. The van der Waals surface area contributed by atoms with Gasteiger partial charge in [0.1, 0.15) is 11.6 Å². The highest BCUT2D eigenvalue weighted by Crippen LogP contribution is 2.27. The van der Waals surface area contributed by atoms with Crippen molar-refractivity contribution in [2.75, 3.05) is 0 Å². The Morgan fingerprint density at radius 2 is 0.625 bits per heavy atom. The van der Waals surface area contributed by atoms with Crippen LogP contribution in [-0.2, 0) is 9.59 Å². The fourth-order valence-corrected chi connectivity index (χ4v) is 6.46. The molecule has 2 heteroatoms. The molecule has 0 fully saturated rings. The molecule has 0 aromatic heterocycles. The van der Waals surface area contributed by atoms with Crippen LogP contribution in [0.1, 0.15) is 214 Å². The minimum atomic E-state index is -0.119. The molecule has 0 aliphatic heterocycles. The summed E-state index contributed by atoms with van der Waals surface area (Å²) < 4.78 is 0. The van der Waals surface area contributed by atoms with Crippen LogP contribution < -0.4 is 0 Å². The Kier molecular flexibility index (Phi) is 29.3. The Labute approximate surface area is 253 Å². The van der Waals surface area contributed by atoms with Crippen molar-refractivity contribution in [3.05, 3.63) is 0 Å². The van der Waals surface area contributed by atoms with E-state index >= 15 is 0 Å². The van der Waals surface area contributed by atoms with Crippen LogP contribution in [0.15, 0.2) is 0 Å². The van der Waals surface area contributed by atoms with Crippen LogP contribution in [0.25, 0.3) is 0 Å². The standard InChI is InChI=1S/C38H74O2/c1-6-8-10-12-14-16-18-20-22-24-26-28-30-32-36(39)35(5)38(34(3)4)37(40)33-31-29-27-25-23-21-19-17-15-13-11-9-7-2/h34-35,38H,6-33H2,1-5H3. The minimum Gasteiger partial charge on any atom is -0.299 e. The van der Waals surface area contributed by atoms with Crippen LogP contribution in [0.3, 0.4) is 0 Å². The third-order valence-corrected chi connectivity index (χ3v) is 9.19. The van der Waals surface area contributed by atoms with E-state index in [-0.39, 0.29) is 17.8 Å². The predicted octanol–water partition coefficient (Wildman–Crippen LogP) is 13.0. The van der Waals surface area contributed by atoms with Crippen molar-refractivity contribution in [3.8, 4) is 0 Å². The predicted molar refractivity (Wildman–Crippen MR) is 178 cm³/mol. The van der Waals surface area contributed by atoms with Gasteiger partial charge in [0, 0.05) is 24.7 Å². The number of ketones is 2. The van der Waals surface area contributed by atoms with Crippen molar-refractivity contribution in [1.82, 2.24) is 0 Å². The van der Waals surface area contributed by atoms with Crippen molar-refractivity contribution < 1.29 is 9.59 Å². The highest BCUT2D eigenvalue weighted by Gasteiger charge is 2.31. The molecule has 0 heterocycles. The summed E-state index contributed by atoms with van der Waals surface area (Å²) in [5, 5.41) is 0. The van der Waals surface area contributed by atoms with E-state index < -0.39 is 0 Å². The minimum absolute atomic E-state index is 0.0909. The van der Waals surface area contributed by atoms with Crippen molar-refractivity contribution in [3.63, 3.8) is 0 Å². The molecule has 0 aliphatic carbocycles. The van der Waals surface area contributed by atoms with E-state index in [4.69, 9.17) is 0 Å². The van der Waals surface area contributed by atoms with Gasteiger partial charge in [-0.2, -0.15) is 0 Å². The molecule has 0 N–H and O–H groups in total. The lowest BCUT2D eigenvalue weighted by Gasteiger charge is -2.25. The molecule has 0 rings (SSSR count). The molecular weight excluding hydrogens is 488 g/mol. The number of unbranched alkanes of at least 4 members (excludes halogenated alkanes) is 24. The van der Waals surface area contributed by atoms with Crippen molar-refractivity contribution in [1.29, 1.82) is 0 Å². The van der Waals surface area contributed by atoms with Crippen LogP contribution in [0.5, 0.6) is 0 Å². The Morgan fingerprint density at radius 3 is 0.900 bits per heavy atom. The Hall–Kier alpha value is -0.660. The maximum Gasteiger partial charge on any atom is 0.136 e. The molecule has 0 spiro atoms. The van der Waals surface area contributed by atoms with Crippen molar-refractivity contribution in [2.24, 2.45) is 17.8 Å². The monoisotopic (exact) mass is 563 g/mol. The van der Waals surface area contributed by atoms with Crippen LogP contribution in [0.4, 0.5) is 0 Å². The van der Waals surface area contributed by atoms with Crippen LogP contribution >= 0.6 is 0 Å². The van der Waals surface area contributed by atoms with Gasteiger partial charge in [0.15, 0.2) is 0 Å². The van der Waals surface area contributed by atoms with Crippen LogP contribution in [-0.4, -0.2) is 11.6 Å². The van der Waals surface area contributed by atoms with E-state index in [0.717, 1.165) is 25.7 Å². The lowest BCUT2D eigenvalue weighted by molar-refractivity contribution is -0.133. The summed E-state index contributed by atoms with van der Waals surface area (Å²) in [5.74, 6) is 0.698. The van der Waals surface area contributed by atoms with Gasteiger partial charge in [-0.1, -0.05) is 189 Å². The summed E-state index contributed by atoms with van der Waals surface area (Å²) in [5.41, 5.74) is 0. The smallest absolute Gasteiger partial charge is 0.136 e. The van der Waals surface area contributed by atoms with Crippen LogP contribution in [0, 0.1) is 17.8 Å². The summed E-state index contributed by atoms with van der Waals surface area (Å²) >= 11 is 0. The summed E-state index contributed by atoms with van der Waals surface area (Å²) in [6.45, 7) is 10.8. The molecule has 2 nitrogen and oxygen atoms in total. The first kappa shape index (κ1) is 39.3. The van der Waals surface area contributed by atoms with Gasteiger partial charge >= 0.3 is 0 Å². The molecule has 0 radical (unpaired) electrons. The van der Waals surface area contributed by atoms with Gasteiger partial charge in [0.05, 0.1) is 0 Å². The molecule has 0 bridgehead atoms. The zero-order chi connectivity index (χ0) is 29.7. The summed E-state index contributed by atoms with van der Waals surface area (Å²) in [4.78, 5) is 26.0. The van der Waals surface area contributed by atoms with Gasteiger partial charge in [-0.05, 0) is 18.8 Å². The highest BCUT2D eigenvalue weighted by molar-refractivity contribution is 5.89. The number of Topliss-reactive ketones (excluding diaryl/α,β-unsaturated/α-hetero) is 2. The molecule has 2 atom stereocenters. The first-order chi connectivity index (χ1) is 19.5. The molecule has 40 heavy (non-hydrogen) atoms.